The van der Waals surface area contributed by atoms with Gasteiger partial charge in [0.1, 0.15) is 6.54 Å². The monoisotopic (exact) mass is 407 g/mol. The molecule has 1 saturated carbocycles. The lowest BCUT2D eigenvalue weighted by Gasteiger charge is -2.34. The molecule has 0 N–H and O–H groups in total. The zero-order valence-electron chi connectivity index (χ0n) is 16.1. The van der Waals surface area contributed by atoms with Crippen LogP contribution in [0.1, 0.15) is 37.0 Å². The molecule has 2 aliphatic heterocycles. The van der Waals surface area contributed by atoms with Crippen LogP contribution in [0.3, 0.4) is 0 Å². The van der Waals surface area contributed by atoms with Gasteiger partial charge in [0.15, 0.2) is 0 Å². The van der Waals surface area contributed by atoms with Gasteiger partial charge in [-0.15, -0.1) is 0 Å². The van der Waals surface area contributed by atoms with Crippen molar-refractivity contribution in [1.82, 2.24) is 14.1 Å². The summed E-state index contributed by atoms with van der Waals surface area (Å²) in [7, 11) is -3.73. The van der Waals surface area contributed by atoms with Crippen LogP contribution in [0.5, 0.6) is 0 Å². The van der Waals surface area contributed by atoms with Crippen molar-refractivity contribution in [2.24, 2.45) is 0 Å². The zero-order valence-corrected chi connectivity index (χ0v) is 16.9. The van der Waals surface area contributed by atoms with Crippen LogP contribution in [0.15, 0.2) is 29.2 Å². The first-order valence-corrected chi connectivity index (χ1v) is 11.0. The predicted molar refractivity (Wildman–Crippen MR) is 101 cm³/mol. The third kappa shape index (κ3) is 3.66. The van der Waals surface area contributed by atoms with Gasteiger partial charge in [0.05, 0.1) is 23.8 Å². The van der Waals surface area contributed by atoms with Crippen LogP contribution in [0.25, 0.3) is 0 Å². The summed E-state index contributed by atoms with van der Waals surface area (Å²) >= 11 is 0. The number of carbonyl (C=O) groups excluding carboxylic acids is 2. The Morgan fingerprint density at radius 3 is 2.46 bits per heavy atom. The summed E-state index contributed by atoms with van der Waals surface area (Å²) in [5.41, 5.74) is 0.279. The summed E-state index contributed by atoms with van der Waals surface area (Å²) in [5.74, 6) is -0.367. The number of hydrogen-bond acceptors (Lipinski definition) is 5. The molecule has 1 aliphatic carbocycles. The molecule has 0 aromatic heterocycles. The van der Waals surface area contributed by atoms with Gasteiger partial charge in [0.25, 0.3) is 5.91 Å². The Balaban J connectivity index is 1.54. The molecule has 1 aromatic rings. The summed E-state index contributed by atoms with van der Waals surface area (Å²) < 4.78 is 33.1. The van der Waals surface area contributed by atoms with Crippen molar-refractivity contribution in [1.29, 1.82) is 0 Å². The molecule has 2 amide bonds. The molecular formula is C19H25N3O5S. The van der Waals surface area contributed by atoms with Gasteiger partial charge in [-0.1, -0.05) is 6.07 Å². The molecule has 3 fully saturated rings. The fourth-order valence-corrected chi connectivity index (χ4v) is 5.49. The third-order valence-corrected chi connectivity index (χ3v) is 7.18. The summed E-state index contributed by atoms with van der Waals surface area (Å²) in [6, 6.07) is 6.33. The van der Waals surface area contributed by atoms with Crippen LogP contribution < -0.4 is 0 Å². The molecule has 2 heterocycles. The molecule has 1 aromatic carbocycles. The van der Waals surface area contributed by atoms with Crippen LogP contribution >= 0.6 is 0 Å². The molecule has 4 rings (SSSR count). The SMILES string of the molecule is C[C@H]1CN(S(=O)(=O)c2cccc(C(=O)N3CC(=O)N(C4CC4)C3)c2)C[C@H](C)O1. The Kier molecular flexibility index (Phi) is 4.93. The van der Waals surface area contributed by atoms with Gasteiger partial charge < -0.3 is 14.5 Å². The van der Waals surface area contributed by atoms with E-state index in [1.54, 1.807) is 17.0 Å². The van der Waals surface area contributed by atoms with E-state index in [0.717, 1.165) is 12.8 Å². The van der Waals surface area contributed by atoms with Crippen molar-refractivity contribution in [3.8, 4) is 0 Å². The highest BCUT2D eigenvalue weighted by molar-refractivity contribution is 7.89. The number of carbonyl (C=O) groups is 2. The number of amides is 2. The van der Waals surface area contributed by atoms with E-state index in [1.165, 1.54) is 21.3 Å². The first-order chi connectivity index (χ1) is 13.3. The number of benzene rings is 1. The number of nitrogens with zero attached hydrogens (tertiary/aromatic N) is 3. The summed E-state index contributed by atoms with van der Waals surface area (Å²) in [6.07, 6.45) is 1.59. The second-order valence-electron chi connectivity index (χ2n) is 7.85. The van der Waals surface area contributed by atoms with Crippen molar-refractivity contribution in [2.45, 2.75) is 49.8 Å². The third-order valence-electron chi connectivity index (χ3n) is 5.35. The average Bonchev–Trinajstić information content (AvgIpc) is 3.42. The van der Waals surface area contributed by atoms with Crippen molar-refractivity contribution in [2.75, 3.05) is 26.3 Å². The lowest BCUT2D eigenvalue weighted by atomic mass is 10.2. The second kappa shape index (κ2) is 7.13. The van der Waals surface area contributed by atoms with Crippen LogP contribution in [-0.4, -0.2) is 78.9 Å². The van der Waals surface area contributed by atoms with Gasteiger partial charge in [-0.3, -0.25) is 9.59 Å². The Hall–Kier alpha value is -1.97. The molecular weight excluding hydrogens is 382 g/mol. The minimum absolute atomic E-state index is 0.0454. The first-order valence-electron chi connectivity index (χ1n) is 9.60. The maximum Gasteiger partial charge on any atom is 0.255 e. The van der Waals surface area contributed by atoms with E-state index in [4.69, 9.17) is 4.74 Å². The Morgan fingerprint density at radius 2 is 1.82 bits per heavy atom. The molecule has 152 valence electrons. The number of sulfonamides is 1. The minimum atomic E-state index is -3.73. The first kappa shape index (κ1) is 19.4. The zero-order chi connectivity index (χ0) is 20.1. The molecule has 28 heavy (non-hydrogen) atoms. The van der Waals surface area contributed by atoms with E-state index in [-0.39, 0.29) is 66.8 Å². The summed E-state index contributed by atoms with van der Waals surface area (Å²) in [6.45, 7) is 4.56. The highest BCUT2D eigenvalue weighted by atomic mass is 32.2. The largest absolute Gasteiger partial charge is 0.373 e. The van der Waals surface area contributed by atoms with Gasteiger partial charge in [-0.25, -0.2) is 8.42 Å². The van der Waals surface area contributed by atoms with Crippen LogP contribution in [0.2, 0.25) is 0 Å². The molecule has 2 saturated heterocycles. The Bertz CT molecular complexity index is 889. The van der Waals surface area contributed by atoms with Crippen LogP contribution in [0.4, 0.5) is 0 Å². The molecule has 3 aliphatic rings. The highest BCUT2D eigenvalue weighted by Crippen LogP contribution is 2.30. The average molecular weight is 407 g/mol. The Morgan fingerprint density at radius 1 is 1.14 bits per heavy atom. The van der Waals surface area contributed by atoms with E-state index < -0.39 is 10.0 Å². The maximum atomic E-state index is 13.1. The van der Waals surface area contributed by atoms with E-state index in [2.05, 4.69) is 0 Å². The predicted octanol–water partition coefficient (Wildman–Crippen LogP) is 0.889. The number of ether oxygens (including phenoxy) is 1. The molecule has 0 radical (unpaired) electrons. The molecule has 0 unspecified atom stereocenters. The molecule has 2 atom stereocenters. The smallest absolute Gasteiger partial charge is 0.255 e. The van der Waals surface area contributed by atoms with Crippen molar-refractivity contribution >= 4 is 21.8 Å². The quantitative estimate of drug-likeness (QED) is 0.740. The van der Waals surface area contributed by atoms with E-state index >= 15 is 0 Å². The molecule has 0 spiro atoms. The van der Waals surface area contributed by atoms with Crippen molar-refractivity contribution in [3.05, 3.63) is 29.8 Å². The fraction of sp³-hybridized carbons (Fsp3) is 0.579. The summed E-state index contributed by atoms with van der Waals surface area (Å²) in [5, 5.41) is 0. The Labute approximate surface area is 165 Å². The van der Waals surface area contributed by atoms with Crippen LogP contribution in [-0.2, 0) is 19.6 Å². The van der Waals surface area contributed by atoms with E-state index in [0.29, 0.717) is 0 Å². The molecule has 9 heteroatoms. The number of rotatable bonds is 4. The van der Waals surface area contributed by atoms with Gasteiger partial charge in [0, 0.05) is 24.7 Å². The van der Waals surface area contributed by atoms with Gasteiger partial charge in [-0.2, -0.15) is 4.31 Å². The number of hydrogen-bond donors (Lipinski definition) is 0. The fourth-order valence-electron chi connectivity index (χ4n) is 3.86. The van der Waals surface area contributed by atoms with E-state index in [9.17, 15) is 18.0 Å². The van der Waals surface area contributed by atoms with Crippen molar-refractivity contribution in [3.63, 3.8) is 0 Å². The highest BCUT2D eigenvalue weighted by Gasteiger charge is 2.40. The maximum absolute atomic E-state index is 13.1. The van der Waals surface area contributed by atoms with E-state index in [1.807, 2.05) is 13.8 Å². The minimum Gasteiger partial charge on any atom is -0.373 e. The van der Waals surface area contributed by atoms with Gasteiger partial charge >= 0.3 is 0 Å². The van der Waals surface area contributed by atoms with Gasteiger partial charge in [-0.05, 0) is 44.9 Å². The molecule has 0 bridgehead atoms. The van der Waals surface area contributed by atoms with Crippen molar-refractivity contribution < 1.29 is 22.7 Å². The second-order valence-corrected chi connectivity index (χ2v) is 9.78. The topological polar surface area (TPSA) is 87.2 Å². The molecule has 8 nitrogen and oxygen atoms in total. The number of morpholine rings is 1. The lowest BCUT2D eigenvalue weighted by Crippen LogP contribution is -2.48. The standard InChI is InChI=1S/C19H25N3O5S/c1-13-9-21(10-14(2)27-13)28(25,26)17-5-3-4-15(8-17)19(24)20-11-18(23)22(12-20)16-6-7-16/h3-5,8,13-14,16H,6-7,9-12H2,1-2H3/t13-,14-/m0/s1. The van der Waals surface area contributed by atoms with Crippen LogP contribution in [0, 0.1) is 0 Å². The normalized spacial score (nSPS) is 26.7. The lowest BCUT2D eigenvalue weighted by molar-refractivity contribution is -0.127. The van der Waals surface area contributed by atoms with Gasteiger partial charge in [0.2, 0.25) is 15.9 Å². The summed E-state index contributed by atoms with van der Waals surface area (Å²) in [4.78, 5) is 28.3.